The molecule has 1 aliphatic heterocycles. The Morgan fingerprint density at radius 3 is 1.96 bits per heavy atom. The van der Waals surface area contributed by atoms with Crippen molar-refractivity contribution in [2.24, 2.45) is 0 Å². The van der Waals surface area contributed by atoms with Crippen molar-refractivity contribution in [1.82, 2.24) is 9.21 Å². The zero-order chi connectivity index (χ0) is 20.6. The second-order valence-electron chi connectivity index (χ2n) is 7.88. The molecule has 2 aromatic rings. The standard InChI is InChI=1S/C22H28N2O3S/c1-15(2)23(16(3)4)22(25)21-20(18-9-7-6-8-10-18)24(21)28(26,27)19-13-11-17(5)12-14-19/h6-16,20-21H,1-5H3/t20-,21+,24?/m0/s1. The molecule has 1 fully saturated rings. The fourth-order valence-corrected chi connectivity index (χ4v) is 5.53. The fourth-order valence-electron chi connectivity index (χ4n) is 3.82. The van der Waals surface area contributed by atoms with E-state index in [9.17, 15) is 13.2 Å². The zero-order valence-electron chi connectivity index (χ0n) is 17.0. The maximum Gasteiger partial charge on any atom is 0.244 e. The van der Waals surface area contributed by atoms with Crippen LogP contribution in [0.25, 0.3) is 0 Å². The average Bonchev–Trinajstić information content (AvgIpc) is 3.39. The van der Waals surface area contributed by atoms with Gasteiger partial charge in [0.1, 0.15) is 6.04 Å². The molecule has 0 aliphatic carbocycles. The Morgan fingerprint density at radius 2 is 1.46 bits per heavy atom. The summed E-state index contributed by atoms with van der Waals surface area (Å²) in [5.74, 6) is -0.144. The maximum absolute atomic E-state index is 13.3. The number of hydrogen-bond donors (Lipinski definition) is 0. The summed E-state index contributed by atoms with van der Waals surface area (Å²) in [7, 11) is -3.77. The lowest BCUT2D eigenvalue weighted by molar-refractivity contribution is -0.134. The van der Waals surface area contributed by atoms with Gasteiger partial charge in [-0.3, -0.25) is 4.79 Å². The molecule has 3 atom stereocenters. The van der Waals surface area contributed by atoms with Crippen LogP contribution in [-0.2, 0) is 14.8 Å². The summed E-state index contributed by atoms with van der Waals surface area (Å²) in [5, 5.41) is 0. The van der Waals surface area contributed by atoms with Crippen molar-refractivity contribution >= 4 is 15.9 Å². The topological polar surface area (TPSA) is 57.5 Å². The van der Waals surface area contributed by atoms with E-state index in [1.165, 1.54) is 4.31 Å². The van der Waals surface area contributed by atoms with Gasteiger partial charge in [0.05, 0.1) is 10.9 Å². The molecule has 5 nitrogen and oxygen atoms in total. The van der Waals surface area contributed by atoms with E-state index in [0.29, 0.717) is 0 Å². The molecule has 6 heteroatoms. The van der Waals surface area contributed by atoms with Crippen LogP contribution in [-0.4, -0.2) is 41.7 Å². The molecule has 1 unspecified atom stereocenters. The normalized spacial score (nSPS) is 21.8. The first kappa shape index (κ1) is 20.6. The Kier molecular flexibility index (Phi) is 5.64. The van der Waals surface area contributed by atoms with Gasteiger partial charge in [-0.1, -0.05) is 48.0 Å². The molecule has 0 aromatic heterocycles. The molecule has 150 valence electrons. The number of carbonyl (C=O) groups excluding carboxylic acids is 1. The van der Waals surface area contributed by atoms with Gasteiger partial charge in [0.2, 0.25) is 15.9 Å². The van der Waals surface area contributed by atoms with Crippen LogP contribution in [0.15, 0.2) is 59.5 Å². The van der Waals surface area contributed by atoms with E-state index in [-0.39, 0.29) is 22.9 Å². The molecule has 0 N–H and O–H groups in total. The first-order chi connectivity index (χ1) is 13.2. The van der Waals surface area contributed by atoms with E-state index < -0.39 is 22.1 Å². The third kappa shape index (κ3) is 3.71. The first-order valence-corrected chi connectivity index (χ1v) is 11.1. The van der Waals surface area contributed by atoms with Crippen LogP contribution >= 0.6 is 0 Å². The fraction of sp³-hybridized carbons (Fsp3) is 0.409. The number of rotatable bonds is 6. The zero-order valence-corrected chi connectivity index (χ0v) is 17.8. The molecule has 1 saturated heterocycles. The van der Waals surface area contributed by atoms with Crippen LogP contribution in [0.2, 0.25) is 0 Å². The lowest BCUT2D eigenvalue weighted by Gasteiger charge is -2.30. The lowest BCUT2D eigenvalue weighted by atomic mass is 10.1. The van der Waals surface area contributed by atoms with Crippen LogP contribution < -0.4 is 0 Å². The van der Waals surface area contributed by atoms with Crippen molar-refractivity contribution in [3.8, 4) is 0 Å². The van der Waals surface area contributed by atoms with Gasteiger partial charge in [0.25, 0.3) is 0 Å². The van der Waals surface area contributed by atoms with Gasteiger partial charge in [0, 0.05) is 12.1 Å². The lowest BCUT2D eigenvalue weighted by Crippen LogP contribution is -2.45. The summed E-state index contributed by atoms with van der Waals surface area (Å²) in [6.45, 7) is 9.73. The second kappa shape index (κ2) is 7.68. The molecule has 0 bridgehead atoms. The molecule has 2 aromatic carbocycles. The largest absolute Gasteiger partial charge is 0.336 e. The Balaban J connectivity index is 2.02. The van der Waals surface area contributed by atoms with Gasteiger partial charge in [-0.2, -0.15) is 4.31 Å². The Labute approximate surface area is 168 Å². The van der Waals surface area contributed by atoms with Gasteiger partial charge >= 0.3 is 0 Å². The van der Waals surface area contributed by atoms with Crippen LogP contribution in [0.1, 0.15) is 44.9 Å². The predicted octanol–water partition coefficient (Wildman–Crippen LogP) is 3.75. The number of carbonyl (C=O) groups is 1. The molecule has 0 radical (unpaired) electrons. The van der Waals surface area contributed by atoms with Crippen molar-refractivity contribution in [3.05, 3.63) is 65.7 Å². The summed E-state index contributed by atoms with van der Waals surface area (Å²) in [6, 6.07) is 15.0. The van der Waals surface area contributed by atoms with Crippen LogP contribution in [0.4, 0.5) is 0 Å². The summed E-state index contributed by atoms with van der Waals surface area (Å²) < 4.78 is 28.0. The molecule has 0 saturated carbocycles. The third-order valence-corrected chi connectivity index (χ3v) is 6.99. The highest BCUT2D eigenvalue weighted by Gasteiger charge is 2.61. The van der Waals surface area contributed by atoms with E-state index in [1.54, 1.807) is 29.2 Å². The third-order valence-electron chi connectivity index (χ3n) is 5.12. The Bertz CT molecular complexity index is 930. The van der Waals surface area contributed by atoms with Gasteiger partial charge in [-0.25, -0.2) is 8.42 Å². The van der Waals surface area contributed by atoms with Gasteiger partial charge in [-0.05, 0) is 52.3 Å². The molecule has 0 spiro atoms. The van der Waals surface area contributed by atoms with Gasteiger partial charge in [-0.15, -0.1) is 0 Å². The van der Waals surface area contributed by atoms with Gasteiger partial charge < -0.3 is 4.90 Å². The van der Waals surface area contributed by atoms with Crippen LogP contribution in [0.3, 0.4) is 0 Å². The number of sulfonamides is 1. The molecule has 3 rings (SSSR count). The van der Waals surface area contributed by atoms with Crippen molar-refractivity contribution in [2.45, 2.75) is 63.7 Å². The Hall–Kier alpha value is -2.18. The van der Waals surface area contributed by atoms with Crippen molar-refractivity contribution in [2.75, 3.05) is 0 Å². The molecule has 1 heterocycles. The quantitative estimate of drug-likeness (QED) is 0.694. The summed E-state index contributed by atoms with van der Waals surface area (Å²) in [5.41, 5.74) is 1.83. The molecular weight excluding hydrogens is 372 g/mol. The average molecular weight is 401 g/mol. The van der Waals surface area contributed by atoms with E-state index in [2.05, 4.69) is 0 Å². The highest BCUT2D eigenvalue weighted by molar-refractivity contribution is 7.89. The monoisotopic (exact) mass is 400 g/mol. The van der Waals surface area contributed by atoms with Crippen LogP contribution in [0.5, 0.6) is 0 Å². The summed E-state index contributed by atoms with van der Waals surface area (Å²) in [6.07, 6.45) is 0. The number of aryl methyl sites for hydroxylation is 1. The maximum atomic E-state index is 13.3. The minimum absolute atomic E-state index is 0.00606. The molecule has 28 heavy (non-hydrogen) atoms. The van der Waals surface area contributed by atoms with Crippen molar-refractivity contribution in [1.29, 1.82) is 0 Å². The Morgan fingerprint density at radius 1 is 0.929 bits per heavy atom. The minimum Gasteiger partial charge on any atom is -0.336 e. The minimum atomic E-state index is -3.77. The number of amides is 1. The highest BCUT2D eigenvalue weighted by atomic mass is 32.2. The first-order valence-electron chi connectivity index (χ1n) is 9.63. The predicted molar refractivity (Wildman–Crippen MR) is 110 cm³/mol. The molecule has 1 aliphatic rings. The smallest absolute Gasteiger partial charge is 0.244 e. The summed E-state index contributed by atoms with van der Waals surface area (Å²) in [4.78, 5) is 15.3. The summed E-state index contributed by atoms with van der Waals surface area (Å²) >= 11 is 0. The highest BCUT2D eigenvalue weighted by Crippen LogP contribution is 2.48. The van der Waals surface area contributed by atoms with E-state index in [0.717, 1.165) is 11.1 Å². The molecular formula is C22H28N2O3S. The van der Waals surface area contributed by atoms with Crippen molar-refractivity contribution < 1.29 is 13.2 Å². The van der Waals surface area contributed by atoms with Gasteiger partial charge in [0.15, 0.2) is 0 Å². The van der Waals surface area contributed by atoms with E-state index >= 15 is 0 Å². The number of benzene rings is 2. The number of nitrogens with zero attached hydrogens (tertiary/aromatic N) is 2. The second-order valence-corrected chi connectivity index (χ2v) is 9.72. The number of hydrogen-bond acceptors (Lipinski definition) is 3. The molecule has 1 amide bonds. The van der Waals surface area contributed by atoms with Crippen molar-refractivity contribution in [3.63, 3.8) is 0 Å². The SMILES string of the molecule is Cc1ccc(S(=O)(=O)N2[C@@H](C(=O)N(C(C)C)C(C)C)[C@@H]2c2ccccc2)cc1. The van der Waals surface area contributed by atoms with E-state index in [4.69, 9.17) is 0 Å². The van der Waals surface area contributed by atoms with Crippen LogP contribution in [0, 0.1) is 6.92 Å². The van der Waals surface area contributed by atoms with E-state index in [1.807, 2.05) is 65.0 Å².